The van der Waals surface area contributed by atoms with E-state index in [1.807, 2.05) is 0 Å². The lowest BCUT2D eigenvalue weighted by molar-refractivity contribution is 0.603. The van der Waals surface area contributed by atoms with Crippen molar-refractivity contribution in [3.63, 3.8) is 0 Å². The molecule has 0 N–H and O–H groups in total. The molecule has 0 atom stereocenters. The summed E-state index contributed by atoms with van der Waals surface area (Å²) in [6, 6.07) is 0. The quantitative estimate of drug-likeness (QED) is 0.531. The first-order valence-electron chi connectivity index (χ1n) is 2.06. The maximum atomic E-state index is 10.0. The Morgan fingerprint density at radius 1 is 1.57 bits per heavy atom. The van der Waals surface area contributed by atoms with Crippen molar-refractivity contribution in [3.05, 3.63) is 6.26 Å². The van der Waals surface area contributed by atoms with Gasteiger partial charge in [-0.05, 0) is 6.42 Å². The van der Waals surface area contributed by atoms with Gasteiger partial charge in [0.05, 0.1) is 12.0 Å². The second-order valence-corrected chi connectivity index (χ2v) is 3.10. The van der Waals surface area contributed by atoms with Gasteiger partial charge in [-0.1, -0.05) is 6.92 Å². The van der Waals surface area contributed by atoms with Crippen molar-refractivity contribution < 1.29 is 8.42 Å². The smallest absolute Gasteiger partial charge is 0.155 e. The maximum absolute atomic E-state index is 10.0. The summed E-state index contributed by atoms with van der Waals surface area (Å²) < 4.78 is 20.0. The lowest BCUT2D eigenvalue weighted by Crippen LogP contribution is -1.97. The van der Waals surface area contributed by atoms with Crippen molar-refractivity contribution in [3.8, 4) is 0 Å². The van der Waals surface area contributed by atoms with Crippen LogP contribution in [0.25, 0.3) is 0 Å². The van der Waals surface area contributed by atoms with E-state index in [4.69, 9.17) is 0 Å². The molecule has 0 saturated heterocycles. The van der Waals surface area contributed by atoms with Crippen molar-refractivity contribution in [2.45, 2.75) is 13.3 Å². The van der Waals surface area contributed by atoms with Gasteiger partial charge >= 0.3 is 0 Å². The Morgan fingerprint density at radius 2 is 2.00 bits per heavy atom. The van der Waals surface area contributed by atoms with Crippen LogP contribution in [0.5, 0.6) is 0 Å². The number of sulfone groups is 1. The summed E-state index contributed by atoms with van der Waals surface area (Å²) in [5.74, 6) is 0.0903. The minimum Gasteiger partial charge on any atom is -0.228 e. The molecular weight excluding hydrogens is 112 g/mol. The molecule has 3 heteroatoms. The van der Waals surface area contributed by atoms with Crippen LogP contribution < -0.4 is 0 Å². The molecule has 0 aromatic heterocycles. The Labute approximate surface area is 44.5 Å². The summed E-state index contributed by atoms with van der Waals surface area (Å²) in [5.41, 5.74) is 0. The normalized spacial score (nSPS) is 11.7. The minimum atomic E-state index is -3.17. The van der Waals surface area contributed by atoms with Crippen LogP contribution in [0.2, 0.25) is 0 Å². The highest BCUT2D eigenvalue weighted by Crippen LogP contribution is 1.86. The molecule has 0 aromatic rings. The van der Waals surface area contributed by atoms with Crippen molar-refractivity contribution in [1.29, 1.82) is 0 Å². The third kappa shape index (κ3) is 5.95. The van der Waals surface area contributed by atoms with Gasteiger partial charge in [0.2, 0.25) is 0 Å². The summed E-state index contributed by atoms with van der Waals surface area (Å²) >= 11 is 0. The molecule has 2 nitrogen and oxygen atoms in total. The van der Waals surface area contributed by atoms with E-state index in [9.17, 15) is 8.42 Å². The predicted octanol–water partition coefficient (Wildman–Crippen LogP) is 0.480. The highest BCUT2D eigenvalue weighted by molar-refractivity contribution is 7.92. The average Bonchev–Trinajstić information content (AvgIpc) is 1.30. The molecule has 0 aromatic carbocycles. The Balaban J connectivity index is 3.60. The van der Waals surface area contributed by atoms with Gasteiger partial charge < -0.3 is 0 Å². The van der Waals surface area contributed by atoms with Gasteiger partial charge in [-0.15, -0.1) is 0 Å². The minimum absolute atomic E-state index is 0.0903. The molecule has 2 radical (unpaired) electrons. The summed E-state index contributed by atoms with van der Waals surface area (Å²) in [4.78, 5) is 0. The van der Waals surface area contributed by atoms with Crippen LogP contribution in [0.1, 0.15) is 13.3 Å². The summed E-state index contributed by atoms with van der Waals surface area (Å²) in [5, 5.41) is 0. The molecule has 0 saturated carbocycles. The molecule has 0 aliphatic rings. The van der Waals surface area contributed by atoms with E-state index in [-0.39, 0.29) is 5.75 Å². The zero-order valence-electron chi connectivity index (χ0n) is 4.22. The first kappa shape index (κ1) is 6.95. The van der Waals surface area contributed by atoms with E-state index >= 15 is 0 Å². The molecule has 0 amide bonds. The van der Waals surface area contributed by atoms with Crippen molar-refractivity contribution in [2.24, 2.45) is 0 Å². The third-order valence-corrected chi connectivity index (χ3v) is 1.47. The van der Waals surface area contributed by atoms with Crippen LogP contribution in [-0.4, -0.2) is 14.2 Å². The molecule has 0 heterocycles. The van der Waals surface area contributed by atoms with Crippen LogP contribution in [0, 0.1) is 6.26 Å². The van der Waals surface area contributed by atoms with Gasteiger partial charge in [0.1, 0.15) is 0 Å². The number of hydrogen-bond donors (Lipinski definition) is 0. The van der Waals surface area contributed by atoms with Crippen LogP contribution in [0.4, 0.5) is 0 Å². The second kappa shape index (κ2) is 2.31. The fourth-order valence-corrected chi connectivity index (χ4v) is 0.854. The Morgan fingerprint density at radius 3 is 2.00 bits per heavy atom. The molecule has 42 valence electrons. The van der Waals surface area contributed by atoms with E-state index < -0.39 is 9.84 Å². The predicted molar refractivity (Wildman–Crippen MR) is 28.4 cm³/mol. The molecule has 0 spiro atoms. The average molecular weight is 120 g/mol. The SMILES string of the molecule is [CH]S(=O)(=O)CCC. The largest absolute Gasteiger partial charge is 0.228 e. The molecule has 0 unspecified atom stereocenters. The highest BCUT2D eigenvalue weighted by atomic mass is 32.2. The molecule has 0 rings (SSSR count). The standard InChI is InChI=1S/C4H8O2S/c1-3-4-7(2,5)6/h2H,3-4H2,1H3. The Kier molecular flexibility index (Phi) is 2.29. The number of rotatable bonds is 2. The van der Waals surface area contributed by atoms with Crippen molar-refractivity contribution in [2.75, 3.05) is 5.75 Å². The zero-order chi connectivity index (χ0) is 5.91. The van der Waals surface area contributed by atoms with E-state index in [1.165, 1.54) is 0 Å². The van der Waals surface area contributed by atoms with Gasteiger partial charge in [0, 0.05) is 0 Å². The van der Waals surface area contributed by atoms with Gasteiger partial charge in [-0.2, -0.15) is 0 Å². The molecular formula is C4H8O2S. The van der Waals surface area contributed by atoms with E-state index in [0.29, 0.717) is 6.42 Å². The lowest BCUT2D eigenvalue weighted by Gasteiger charge is -1.86. The Hall–Kier alpha value is -0.0500. The lowest BCUT2D eigenvalue weighted by atomic mass is 10.6. The van der Waals surface area contributed by atoms with Crippen molar-refractivity contribution in [1.82, 2.24) is 0 Å². The first-order chi connectivity index (χ1) is 3.06. The van der Waals surface area contributed by atoms with Gasteiger partial charge in [-0.3, -0.25) is 0 Å². The molecule has 0 fully saturated rings. The monoisotopic (exact) mass is 120 g/mol. The van der Waals surface area contributed by atoms with Crippen LogP contribution >= 0.6 is 0 Å². The summed E-state index contributed by atoms with van der Waals surface area (Å²) in [7, 11) is -3.17. The van der Waals surface area contributed by atoms with Crippen LogP contribution in [0.3, 0.4) is 0 Å². The van der Waals surface area contributed by atoms with Crippen LogP contribution in [0.15, 0.2) is 0 Å². The first-order valence-corrected chi connectivity index (χ1v) is 3.78. The number of hydrogen-bond acceptors (Lipinski definition) is 2. The fourth-order valence-electron chi connectivity index (χ4n) is 0.285. The molecule has 0 bridgehead atoms. The fraction of sp³-hybridized carbons (Fsp3) is 0.750. The van der Waals surface area contributed by atoms with Crippen molar-refractivity contribution >= 4 is 9.84 Å². The zero-order valence-corrected chi connectivity index (χ0v) is 5.03. The topological polar surface area (TPSA) is 34.1 Å². The van der Waals surface area contributed by atoms with E-state index in [2.05, 4.69) is 6.26 Å². The molecule has 0 aliphatic carbocycles. The van der Waals surface area contributed by atoms with Gasteiger partial charge in [0.25, 0.3) is 0 Å². The van der Waals surface area contributed by atoms with Crippen LogP contribution in [-0.2, 0) is 9.84 Å². The second-order valence-electron chi connectivity index (χ2n) is 1.37. The summed E-state index contributed by atoms with van der Waals surface area (Å²) in [6.45, 7) is 1.77. The molecule has 7 heavy (non-hydrogen) atoms. The van der Waals surface area contributed by atoms with Gasteiger partial charge in [-0.25, -0.2) is 8.42 Å². The highest BCUT2D eigenvalue weighted by Gasteiger charge is 1.96. The maximum Gasteiger partial charge on any atom is 0.155 e. The van der Waals surface area contributed by atoms with E-state index in [1.54, 1.807) is 6.92 Å². The van der Waals surface area contributed by atoms with Gasteiger partial charge in [0.15, 0.2) is 9.84 Å². The molecule has 0 aliphatic heterocycles. The Bertz CT molecular complexity index is 123. The third-order valence-electron chi connectivity index (χ3n) is 0.489. The summed E-state index contributed by atoms with van der Waals surface area (Å²) in [6.07, 6.45) is 5.21. The van der Waals surface area contributed by atoms with E-state index in [0.717, 1.165) is 0 Å².